The normalized spacial score (nSPS) is 11.5. The van der Waals surface area contributed by atoms with E-state index in [2.05, 4.69) is 84.9 Å². The fourth-order valence-corrected chi connectivity index (χ4v) is 7.05. The van der Waals surface area contributed by atoms with Crippen LogP contribution in [-0.2, 0) is 0 Å². The minimum absolute atomic E-state index is 0.429. The Kier molecular flexibility index (Phi) is 6.93. The van der Waals surface area contributed by atoms with Gasteiger partial charge in [0.1, 0.15) is 0 Å². The van der Waals surface area contributed by atoms with E-state index >= 15 is 0 Å². The molecule has 0 saturated heterocycles. The van der Waals surface area contributed by atoms with Crippen molar-refractivity contribution in [3.8, 4) is 66.8 Å². The van der Waals surface area contributed by atoms with Crippen molar-refractivity contribution in [1.82, 2.24) is 0 Å². The zero-order valence-electron chi connectivity index (χ0n) is 24.8. The van der Waals surface area contributed by atoms with Crippen LogP contribution >= 0.6 is 0 Å². The molecule has 4 nitrogen and oxygen atoms in total. The lowest BCUT2D eigenvalue weighted by Gasteiger charge is -2.26. The zero-order valence-corrected chi connectivity index (χ0v) is 24.8. The molecule has 8 rings (SSSR count). The van der Waals surface area contributed by atoms with E-state index in [0.717, 1.165) is 72.1 Å². The summed E-state index contributed by atoms with van der Waals surface area (Å²) in [6, 6.07) is 48.7. The van der Waals surface area contributed by atoms with Gasteiger partial charge in [0.25, 0.3) is 0 Å². The summed E-state index contributed by atoms with van der Waals surface area (Å²) in [4.78, 5) is 0. The van der Waals surface area contributed by atoms with Crippen LogP contribution in [0.25, 0.3) is 77.5 Å². The first-order valence-corrected chi connectivity index (χ1v) is 15.3. The number of benzene rings is 7. The highest BCUT2D eigenvalue weighted by molar-refractivity contribution is 6.59. The van der Waals surface area contributed by atoms with Crippen molar-refractivity contribution < 1.29 is 20.1 Å². The van der Waals surface area contributed by atoms with Gasteiger partial charge in [-0.3, -0.25) is 0 Å². The van der Waals surface area contributed by atoms with Crippen molar-refractivity contribution in [2.45, 2.75) is 0 Å². The van der Waals surface area contributed by atoms with Crippen molar-refractivity contribution in [2.24, 2.45) is 0 Å². The van der Waals surface area contributed by atoms with Gasteiger partial charge in [0, 0.05) is 0 Å². The molecule has 7 aromatic rings. The minimum Gasteiger partial charge on any atom is -0.423 e. The number of hydrogen-bond acceptors (Lipinski definition) is 4. The molecule has 4 N–H and O–H groups in total. The summed E-state index contributed by atoms with van der Waals surface area (Å²) in [6.07, 6.45) is 0. The number of hydrogen-bond donors (Lipinski definition) is 4. The van der Waals surface area contributed by atoms with Gasteiger partial charge in [-0.1, -0.05) is 146 Å². The van der Waals surface area contributed by atoms with E-state index in [1.807, 2.05) is 36.4 Å². The Bertz CT molecular complexity index is 2070. The van der Waals surface area contributed by atoms with Gasteiger partial charge in [-0.15, -0.1) is 0 Å². The Morgan fingerprint density at radius 1 is 0.304 bits per heavy atom. The predicted octanol–water partition coefficient (Wildman–Crippen LogP) is 6.51. The van der Waals surface area contributed by atoms with Crippen molar-refractivity contribution in [1.29, 1.82) is 0 Å². The highest BCUT2D eigenvalue weighted by Gasteiger charge is 2.33. The Hall–Kier alpha value is -5.23. The lowest BCUT2D eigenvalue weighted by molar-refractivity contribution is 0.424. The number of rotatable bonds is 6. The minimum atomic E-state index is -1.56. The highest BCUT2D eigenvalue weighted by Crippen LogP contribution is 2.60. The molecule has 1 aliphatic rings. The van der Waals surface area contributed by atoms with Crippen molar-refractivity contribution in [3.05, 3.63) is 146 Å². The quantitative estimate of drug-likeness (QED) is 0.166. The van der Waals surface area contributed by atoms with Gasteiger partial charge in [0.2, 0.25) is 0 Å². The summed E-state index contributed by atoms with van der Waals surface area (Å²) in [5.74, 6) is 0. The maximum Gasteiger partial charge on any atom is 0.488 e. The first kappa shape index (κ1) is 28.3. The molecule has 218 valence electrons. The van der Waals surface area contributed by atoms with E-state index in [0.29, 0.717) is 10.9 Å². The SMILES string of the molecule is OB(O)c1ccc(-c2c(-c3ccccc3)c(-c3ccccc3)c(-c3ccc(B(O)O)cc3)c3c2-c2cccc4cccc-3c24)cc1. The molecule has 46 heavy (non-hydrogen) atoms. The van der Waals surface area contributed by atoms with Crippen LogP contribution in [0.3, 0.4) is 0 Å². The summed E-state index contributed by atoms with van der Waals surface area (Å²) >= 11 is 0. The molecular formula is C40H28B2O4. The van der Waals surface area contributed by atoms with Crippen LogP contribution < -0.4 is 10.9 Å². The second-order valence-electron chi connectivity index (χ2n) is 11.7. The third kappa shape index (κ3) is 4.51. The van der Waals surface area contributed by atoms with Crippen LogP contribution in [0.1, 0.15) is 0 Å². The van der Waals surface area contributed by atoms with Gasteiger partial charge < -0.3 is 20.1 Å². The lowest BCUT2D eigenvalue weighted by atomic mass is 9.74. The molecule has 0 aromatic heterocycles. The van der Waals surface area contributed by atoms with E-state index in [9.17, 15) is 20.1 Å². The molecule has 0 spiro atoms. The van der Waals surface area contributed by atoms with Crippen LogP contribution in [0, 0.1) is 0 Å². The molecule has 0 atom stereocenters. The van der Waals surface area contributed by atoms with Gasteiger partial charge in [-0.25, -0.2) is 0 Å². The third-order valence-corrected chi connectivity index (χ3v) is 9.06. The maximum absolute atomic E-state index is 9.93. The molecule has 7 aromatic carbocycles. The zero-order chi connectivity index (χ0) is 31.4. The lowest BCUT2D eigenvalue weighted by Crippen LogP contribution is -2.29. The maximum atomic E-state index is 9.93. The van der Waals surface area contributed by atoms with Crippen LogP contribution in [0.15, 0.2) is 146 Å². The third-order valence-electron chi connectivity index (χ3n) is 9.06. The van der Waals surface area contributed by atoms with Gasteiger partial charge in [0.05, 0.1) is 0 Å². The monoisotopic (exact) mass is 594 g/mol. The van der Waals surface area contributed by atoms with Gasteiger partial charge in [0.15, 0.2) is 0 Å². The van der Waals surface area contributed by atoms with Crippen molar-refractivity contribution in [2.75, 3.05) is 0 Å². The van der Waals surface area contributed by atoms with Crippen LogP contribution in [0.2, 0.25) is 0 Å². The van der Waals surface area contributed by atoms with E-state index in [1.54, 1.807) is 24.3 Å². The summed E-state index contributed by atoms with van der Waals surface area (Å²) in [5.41, 5.74) is 13.7. The summed E-state index contributed by atoms with van der Waals surface area (Å²) < 4.78 is 0. The van der Waals surface area contributed by atoms with Gasteiger partial charge >= 0.3 is 14.2 Å². The molecular weight excluding hydrogens is 566 g/mol. The van der Waals surface area contributed by atoms with Crippen LogP contribution in [-0.4, -0.2) is 34.3 Å². The van der Waals surface area contributed by atoms with Crippen molar-refractivity contribution in [3.63, 3.8) is 0 Å². The summed E-state index contributed by atoms with van der Waals surface area (Å²) in [7, 11) is -3.12. The smallest absolute Gasteiger partial charge is 0.423 e. The second-order valence-corrected chi connectivity index (χ2v) is 11.7. The fraction of sp³-hybridized carbons (Fsp3) is 0. The molecule has 6 heteroatoms. The molecule has 0 radical (unpaired) electrons. The van der Waals surface area contributed by atoms with Crippen LogP contribution in [0.4, 0.5) is 0 Å². The number of fused-ring (bicyclic) bond motifs is 3. The first-order valence-electron chi connectivity index (χ1n) is 15.3. The molecule has 0 heterocycles. The van der Waals surface area contributed by atoms with E-state index in [1.165, 1.54) is 5.39 Å². The fourth-order valence-electron chi connectivity index (χ4n) is 7.05. The highest BCUT2D eigenvalue weighted by atomic mass is 16.4. The van der Waals surface area contributed by atoms with Crippen LogP contribution in [0.5, 0.6) is 0 Å². The Morgan fingerprint density at radius 3 is 1.02 bits per heavy atom. The topological polar surface area (TPSA) is 80.9 Å². The standard InChI is InChI=1S/C40H28B2O4/c43-41(44)30-21-17-28(18-22-30)37-35(26-9-3-1-4-10-26)36(27-11-5-2-6-12-27)38(29-19-23-31(24-20-29)42(45)46)40-33-16-8-14-25-13-7-15-32(34(25)33)39(37)40/h1-24,43-46H. The Morgan fingerprint density at radius 2 is 0.652 bits per heavy atom. The molecule has 1 aliphatic carbocycles. The Balaban J connectivity index is 1.62. The van der Waals surface area contributed by atoms with Gasteiger partial charge in [-0.05, 0) is 88.5 Å². The van der Waals surface area contributed by atoms with E-state index < -0.39 is 14.2 Å². The van der Waals surface area contributed by atoms with E-state index in [-0.39, 0.29) is 0 Å². The molecule has 0 amide bonds. The molecule has 0 aliphatic heterocycles. The predicted molar refractivity (Wildman–Crippen MR) is 190 cm³/mol. The second kappa shape index (κ2) is 11.3. The molecule has 0 bridgehead atoms. The Labute approximate surface area is 267 Å². The van der Waals surface area contributed by atoms with E-state index in [4.69, 9.17) is 0 Å². The first-order chi connectivity index (χ1) is 22.5. The molecule has 0 unspecified atom stereocenters. The summed E-state index contributed by atoms with van der Waals surface area (Å²) in [6.45, 7) is 0. The molecule has 0 saturated carbocycles. The molecule has 0 fully saturated rings. The summed E-state index contributed by atoms with van der Waals surface area (Å²) in [5, 5.41) is 42.0. The average Bonchev–Trinajstić information content (AvgIpc) is 3.43. The van der Waals surface area contributed by atoms with Gasteiger partial charge in [-0.2, -0.15) is 0 Å². The largest absolute Gasteiger partial charge is 0.488 e. The van der Waals surface area contributed by atoms with Crippen molar-refractivity contribution >= 4 is 35.9 Å². The average molecular weight is 594 g/mol.